The summed E-state index contributed by atoms with van der Waals surface area (Å²) in [6, 6.07) is 7.27. The number of carbonyl (C=O) groups excluding carboxylic acids is 2. The Kier molecular flexibility index (Phi) is 7.62. The Balaban J connectivity index is 1.37. The molecule has 0 radical (unpaired) electrons. The number of hydrogen-bond donors (Lipinski definition) is 2. The van der Waals surface area contributed by atoms with Crippen LogP contribution in [0.1, 0.15) is 61.5 Å². The zero-order valence-corrected chi connectivity index (χ0v) is 17.9. The second-order valence-corrected chi connectivity index (χ2v) is 7.97. The fraction of sp³-hybridized carbons (Fsp3) is 0.500. The molecule has 0 saturated heterocycles. The maximum absolute atomic E-state index is 12.1. The van der Waals surface area contributed by atoms with Gasteiger partial charge < -0.3 is 19.9 Å². The van der Waals surface area contributed by atoms with Crippen molar-refractivity contribution in [2.45, 2.75) is 51.0 Å². The first kappa shape index (κ1) is 21.3. The van der Waals surface area contributed by atoms with Crippen molar-refractivity contribution >= 4 is 27.7 Å². The molecule has 3 rings (SSSR count). The molecular formula is C20H25BrN4O4. The van der Waals surface area contributed by atoms with Gasteiger partial charge in [-0.15, -0.1) is 0 Å². The van der Waals surface area contributed by atoms with Crippen LogP contribution in [0, 0.1) is 0 Å². The summed E-state index contributed by atoms with van der Waals surface area (Å²) in [6.07, 6.45) is 4.96. The molecule has 1 aliphatic carbocycles. The molecule has 0 spiro atoms. The van der Waals surface area contributed by atoms with Crippen LogP contribution in [0.2, 0.25) is 0 Å². The number of carbonyl (C=O) groups is 2. The van der Waals surface area contributed by atoms with Crippen LogP contribution in [-0.4, -0.2) is 41.1 Å². The van der Waals surface area contributed by atoms with Gasteiger partial charge in [-0.2, -0.15) is 4.98 Å². The molecule has 2 amide bonds. The largest absolute Gasteiger partial charge is 0.481 e. The van der Waals surface area contributed by atoms with E-state index in [4.69, 9.17) is 9.26 Å². The Labute approximate surface area is 177 Å². The molecule has 0 unspecified atom stereocenters. The van der Waals surface area contributed by atoms with Gasteiger partial charge in [0.25, 0.3) is 5.91 Å². The van der Waals surface area contributed by atoms with Crippen molar-refractivity contribution < 1.29 is 18.8 Å². The zero-order chi connectivity index (χ0) is 20.6. The lowest BCUT2D eigenvalue weighted by molar-refractivity contribution is -0.127. The second-order valence-electron chi connectivity index (χ2n) is 7.06. The molecule has 1 saturated carbocycles. The molecule has 2 N–H and O–H groups in total. The number of aromatic nitrogens is 2. The van der Waals surface area contributed by atoms with Gasteiger partial charge in [-0.3, -0.25) is 9.59 Å². The Morgan fingerprint density at radius 3 is 2.76 bits per heavy atom. The first-order chi connectivity index (χ1) is 14.0. The van der Waals surface area contributed by atoms with Crippen LogP contribution < -0.4 is 15.4 Å². The van der Waals surface area contributed by atoms with Gasteiger partial charge in [-0.1, -0.05) is 46.4 Å². The molecule has 1 fully saturated rings. The number of halogens is 1. The minimum atomic E-state index is -0.658. The van der Waals surface area contributed by atoms with Crippen molar-refractivity contribution in [2.75, 3.05) is 13.1 Å². The lowest BCUT2D eigenvalue weighted by atomic mass is 9.89. The highest BCUT2D eigenvalue weighted by molar-refractivity contribution is 9.10. The molecule has 1 heterocycles. The number of nitrogens with one attached hydrogen (secondary N) is 2. The average Bonchev–Trinajstić information content (AvgIpc) is 3.22. The third-order valence-corrected chi connectivity index (χ3v) is 5.29. The summed E-state index contributed by atoms with van der Waals surface area (Å²) in [4.78, 5) is 28.5. The topological polar surface area (TPSA) is 106 Å². The van der Waals surface area contributed by atoms with Crippen LogP contribution in [0.5, 0.6) is 5.75 Å². The highest BCUT2D eigenvalue weighted by Crippen LogP contribution is 2.30. The van der Waals surface area contributed by atoms with E-state index < -0.39 is 12.0 Å². The van der Waals surface area contributed by atoms with Gasteiger partial charge in [0.1, 0.15) is 5.75 Å². The summed E-state index contributed by atoms with van der Waals surface area (Å²) < 4.78 is 11.6. The van der Waals surface area contributed by atoms with Crippen LogP contribution >= 0.6 is 15.9 Å². The van der Waals surface area contributed by atoms with E-state index in [0.29, 0.717) is 11.6 Å². The molecule has 9 heteroatoms. The summed E-state index contributed by atoms with van der Waals surface area (Å²) in [7, 11) is 0. The van der Waals surface area contributed by atoms with Gasteiger partial charge in [-0.25, -0.2) is 0 Å². The number of ether oxygens (including phenoxy) is 1. The van der Waals surface area contributed by atoms with Crippen LogP contribution in [0.3, 0.4) is 0 Å². The predicted molar refractivity (Wildman–Crippen MR) is 110 cm³/mol. The summed E-state index contributed by atoms with van der Waals surface area (Å²) >= 11 is 3.36. The first-order valence-corrected chi connectivity index (χ1v) is 10.6. The predicted octanol–water partition coefficient (Wildman–Crippen LogP) is 3.19. The van der Waals surface area contributed by atoms with Crippen molar-refractivity contribution in [1.82, 2.24) is 20.8 Å². The summed E-state index contributed by atoms with van der Waals surface area (Å²) in [6.45, 7) is 2.18. The smallest absolute Gasteiger partial charge is 0.315 e. The molecule has 8 nitrogen and oxygen atoms in total. The maximum atomic E-state index is 12.1. The van der Waals surface area contributed by atoms with Gasteiger partial charge in [0, 0.05) is 23.5 Å². The molecule has 156 valence electrons. The minimum Gasteiger partial charge on any atom is -0.481 e. The number of nitrogens with zero attached hydrogens (tertiary/aromatic N) is 2. The Morgan fingerprint density at radius 2 is 2.00 bits per heavy atom. The highest BCUT2D eigenvalue weighted by Gasteiger charge is 2.23. The summed E-state index contributed by atoms with van der Waals surface area (Å²) in [5.74, 6) is 0.745. The molecule has 1 aliphatic rings. The molecule has 0 aliphatic heterocycles. The van der Waals surface area contributed by atoms with Gasteiger partial charge in [0.2, 0.25) is 0 Å². The molecule has 1 aromatic carbocycles. The summed E-state index contributed by atoms with van der Waals surface area (Å²) in [5, 5.41) is 9.34. The monoisotopic (exact) mass is 464 g/mol. The number of amides is 2. The average molecular weight is 465 g/mol. The van der Waals surface area contributed by atoms with Crippen LogP contribution in [0.25, 0.3) is 0 Å². The SMILES string of the molecule is C[C@@H](Oc1cccc(Br)c1)C(=O)NCCNC(=O)c1nc(C2CCCCC2)no1. The minimum absolute atomic E-state index is 0.0387. The third kappa shape index (κ3) is 6.28. The quantitative estimate of drug-likeness (QED) is 0.580. The standard InChI is InChI=1S/C20H25BrN4O4/c1-13(28-16-9-5-8-15(21)12-16)18(26)22-10-11-23-19(27)20-24-17(25-29-20)14-6-3-2-4-7-14/h5,8-9,12-14H,2-4,6-7,10-11H2,1H3,(H,22,26)(H,23,27)/t13-/m1/s1. The molecule has 1 aromatic heterocycles. The Morgan fingerprint density at radius 1 is 1.24 bits per heavy atom. The van der Waals surface area contributed by atoms with E-state index in [1.807, 2.05) is 12.1 Å². The zero-order valence-electron chi connectivity index (χ0n) is 16.3. The normalized spacial score (nSPS) is 15.5. The van der Waals surface area contributed by atoms with Crippen LogP contribution in [0.4, 0.5) is 0 Å². The number of rotatable bonds is 8. The van der Waals surface area contributed by atoms with E-state index in [1.54, 1.807) is 19.1 Å². The Bertz CT molecular complexity index is 835. The van der Waals surface area contributed by atoms with E-state index in [2.05, 4.69) is 36.7 Å². The van der Waals surface area contributed by atoms with E-state index in [0.717, 1.165) is 30.2 Å². The van der Waals surface area contributed by atoms with Crippen molar-refractivity contribution in [3.8, 4) is 5.75 Å². The highest BCUT2D eigenvalue weighted by atomic mass is 79.9. The van der Waals surface area contributed by atoms with E-state index in [-0.39, 0.29) is 30.8 Å². The fourth-order valence-corrected chi connectivity index (χ4v) is 3.61. The Hall–Kier alpha value is -2.42. The lowest BCUT2D eigenvalue weighted by Gasteiger charge is -2.17. The number of hydrogen-bond acceptors (Lipinski definition) is 6. The summed E-state index contributed by atoms with van der Waals surface area (Å²) in [5.41, 5.74) is 0. The van der Waals surface area contributed by atoms with Gasteiger partial charge >= 0.3 is 11.8 Å². The second kappa shape index (κ2) is 10.4. The molecule has 29 heavy (non-hydrogen) atoms. The van der Waals surface area contributed by atoms with Crippen molar-refractivity contribution in [1.29, 1.82) is 0 Å². The van der Waals surface area contributed by atoms with Crippen LogP contribution in [-0.2, 0) is 4.79 Å². The maximum Gasteiger partial charge on any atom is 0.315 e. The molecular weight excluding hydrogens is 440 g/mol. The lowest BCUT2D eigenvalue weighted by Crippen LogP contribution is -2.40. The van der Waals surface area contributed by atoms with Crippen molar-refractivity contribution in [3.05, 3.63) is 40.5 Å². The van der Waals surface area contributed by atoms with E-state index >= 15 is 0 Å². The van der Waals surface area contributed by atoms with E-state index in [1.165, 1.54) is 6.42 Å². The molecule has 2 aromatic rings. The molecule has 0 bridgehead atoms. The van der Waals surface area contributed by atoms with Gasteiger partial charge in [0.15, 0.2) is 11.9 Å². The molecule has 1 atom stereocenters. The van der Waals surface area contributed by atoms with Gasteiger partial charge in [-0.05, 0) is 38.0 Å². The first-order valence-electron chi connectivity index (χ1n) is 9.84. The van der Waals surface area contributed by atoms with Crippen molar-refractivity contribution in [2.24, 2.45) is 0 Å². The van der Waals surface area contributed by atoms with E-state index in [9.17, 15) is 9.59 Å². The van der Waals surface area contributed by atoms with Crippen LogP contribution in [0.15, 0.2) is 33.3 Å². The number of benzene rings is 1. The van der Waals surface area contributed by atoms with Crippen molar-refractivity contribution in [3.63, 3.8) is 0 Å². The third-order valence-electron chi connectivity index (χ3n) is 4.79. The van der Waals surface area contributed by atoms with Gasteiger partial charge in [0.05, 0.1) is 0 Å². The fourth-order valence-electron chi connectivity index (χ4n) is 3.23.